The van der Waals surface area contributed by atoms with Crippen LogP contribution in [0.15, 0.2) is 42.5 Å². The van der Waals surface area contributed by atoms with Gasteiger partial charge in [0.05, 0.1) is 16.6 Å². The first-order valence-electron chi connectivity index (χ1n) is 6.77. The van der Waals surface area contributed by atoms with Crippen molar-refractivity contribution in [3.8, 4) is 24.2 Å². The number of halogens is 1. The van der Waals surface area contributed by atoms with E-state index in [1.165, 1.54) is 18.2 Å². The number of terminal acetylenes is 1. The van der Waals surface area contributed by atoms with Gasteiger partial charge < -0.3 is 4.74 Å². The van der Waals surface area contributed by atoms with Crippen molar-refractivity contribution in [1.82, 2.24) is 0 Å². The largest absolute Gasteiger partial charge is 0.480 e. The third-order valence-electron chi connectivity index (χ3n) is 3.09. The number of rotatable bonds is 5. The second-order valence-electron chi connectivity index (χ2n) is 4.65. The van der Waals surface area contributed by atoms with Gasteiger partial charge in [-0.2, -0.15) is 5.26 Å². The normalized spacial score (nSPS) is 10.5. The van der Waals surface area contributed by atoms with E-state index in [-0.39, 0.29) is 12.3 Å². The molecule has 0 spiro atoms. The Bertz CT molecular complexity index is 875. The molecule has 0 N–H and O–H groups in total. The Morgan fingerprint density at radius 1 is 1.33 bits per heavy atom. The summed E-state index contributed by atoms with van der Waals surface area (Å²) in [6.45, 7) is 0.0318. The second kappa shape index (κ2) is 8.14. The highest BCUT2D eigenvalue weighted by Gasteiger charge is 2.12. The van der Waals surface area contributed by atoms with Crippen molar-refractivity contribution in [2.75, 3.05) is 6.61 Å². The summed E-state index contributed by atoms with van der Waals surface area (Å²) in [4.78, 5) is 10.5. The van der Waals surface area contributed by atoms with E-state index in [1.54, 1.807) is 6.08 Å². The molecule has 0 unspecified atom stereocenters. The smallest absolute Gasteiger partial charge is 0.270 e. The van der Waals surface area contributed by atoms with Crippen LogP contribution in [0.5, 0.6) is 5.75 Å². The summed E-state index contributed by atoms with van der Waals surface area (Å²) in [5.41, 5.74) is 1.42. The number of nitriles is 1. The van der Waals surface area contributed by atoms with Crippen LogP contribution in [0.1, 0.15) is 11.1 Å². The lowest BCUT2D eigenvalue weighted by atomic mass is 10.0. The van der Waals surface area contributed by atoms with Crippen LogP contribution in [0.2, 0.25) is 0 Å². The average molecular weight is 430 g/mol. The summed E-state index contributed by atoms with van der Waals surface area (Å²) >= 11 is 2.17. The Labute approximate surface area is 152 Å². The number of hydrogen-bond donors (Lipinski definition) is 0. The van der Waals surface area contributed by atoms with Crippen LogP contribution in [-0.2, 0) is 0 Å². The molecule has 0 fully saturated rings. The fourth-order valence-corrected chi connectivity index (χ4v) is 2.34. The van der Waals surface area contributed by atoms with E-state index < -0.39 is 4.92 Å². The molecule has 6 heteroatoms. The molecule has 0 aliphatic carbocycles. The van der Waals surface area contributed by atoms with Crippen LogP contribution in [0, 0.1) is 37.4 Å². The van der Waals surface area contributed by atoms with Gasteiger partial charge in [-0.25, -0.2) is 0 Å². The van der Waals surface area contributed by atoms with Crippen molar-refractivity contribution in [3.05, 3.63) is 67.3 Å². The van der Waals surface area contributed by atoms with Crippen LogP contribution in [-0.4, -0.2) is 11.5 Å². The summed E-state index contributed by atoms with van der Waals surface area (Å²) in [7, 11) is 0. The summed E-state index contributed by atoms with van der Waals surface area (Å²) in [6, 6.07) is 13.7. The molecule has 0 radical (unpaired) electrons. The van der Waals surface area contributed by atoms with Gasteiger partial charge in [0.25, 0.3) is 5.69 Å². The molecule has 0 saturated heterocycles. The third-order valence-corrected chi connectivity index (χ3v) is 3.81. The molecule has 0 atom stereocenters. The van der Waals surface area contributed by atoms with Crippen molar-refractivity contribution in [2.24, 2.45) is 0 Å². The lowest BCUT2D eigenvalue weighted by Crippen LogP contribution is -1.97. The number of nitro groups is 1. The van der Waals surface area contributed by atoms with Gasteiger partial charge in [-0.3, -0.25) is 10.1 Å². The number of nitrogens with zero attached hydrogens (tertiary/aromatic N) is 2. The molecule has 118 valence electrons. The van der Waals surface area contributed by atoms with E-state index in [1.807, 2.05) is 24.3 Å². The maximum Gasteiger partial charge on any atom is 0.270 e. The molecule has 0 saturated carbocycles. The molecule has 2 aromatic carbocycles. The summed E-state index contributed by atoms with van der Waals surface area (Å²) in [6.07, 6.45) is 6.74. The molecule has 0 bridgehead atoms. The molecule has 0 aliphatic heterocycles. The van der Waals surface area contributed by atoms with E-state index in [0.29, 0.717) is 22.4 Å². The Morgan fingerprint density at radius 2 is 2.04 bits per heavy atom. The molecule has 0 aliphatic rings. The molecule has 5 nitrogen and oxygen atoms in total. The Hall–Kier alpha value is -2.84. The molecule has 24 heavy (non-hydrogen) atoms. The van der Waals surface area contributed by atoms with Gasteiger partial charge >= 0.3 is 0 Å². The minimum absolute atomic E-state index is 0.0318. The molecular weight excluding hydrogens is 419 g/mol. The van der Waals surface area contributed by atoms with E-state index >= 15 is 0 Å². The van der Waals surface area contributed by atoms with Gasteiger partial charge in [-0.15, -0.1) is 6.42 Å². The predicted molar refractivity (Wildman–Crippen MR) is 100 cm³/mol. The van der Waals surface area contributed by atoms with Gasteiger partial charge in [-0.1, -0.05) is 18.1 Å². The van der Waals surface area contributed by atoms with Crippen LogP contribution < -0.4 is 4.74 Å². The minimum atomic E-state index is -0.501. The maximum atomic E-state index is 11.0. The summed E-state index contributed by atoms with van der Waals surface area (Å²) in [5, 5.41) is 20.4. The first-order chi connectivity index (χ1) is 11.5. The third kappa shape index (κ3) is 4.34. The maximum absolute atomic E-state index is 11.0. The summed E-state index contributed by atoms with van der Waals surface area (Å²) < 4.78 is 6.45. The predicted octanol–water partition coefficient (Wildman–Crippen LogP) is 4.28. The highest BCUT2D eigenvalue weighted by atomic mass is 127. The lowest BCUT2D eigenvalue weighted by Gasteiger charge is -2.07. The van der Waals surface area contributed by atoms with Gasteiger partial charge in [0.15, 0.2) is 0 Å². The minimum Gasteiger partial charge on any atom is -0.480 e. The topological polar surface area (TPSA) is 76.2 Å². The average Bonchev–Trinajstić information content (AvgIpc) is 2.59. The molecule has 0 amide bonds. The quantitative estimate of drug-likeness (QED) is 0.177. The zero-order valence-corrected chi connectivity index (χ0v) is 14.6. The van der Waals surface area contributed by atoms with Crippen LogP contribution in [0.3, 0.4) is 0 Å². The summed E-state index contributed by atoms with van der Waals surface area (Å²) in [5.74, 6) is 2.73. The highest BCUT2D eigenvalue weighted by Crippen LogP contribution is 2.28. The van der Waals surface area contributed by atoms with Crippen molar-refractivity contribution >= 4 is 39.9 Å². The Kier molecular flexibility index (Phi) is 5.94. The first kappa shape index (κ1) is 17.5. The molecular formula is C18H11IN2O3. The van der Waals surface area contributed by atoms with Gasteiger partial charge in [0.1, 0.15) is 12.4 Å². The molecule has 0 aromatic heterocycles. The van der Waals surface area contributed by atoms with Gasteiger partial charge in [-0.05, 0) is 52.4 Å². The number of allylic oxidation sites excluding steroid dienone is 1. The molecule has 2 rings (SSSR count). The van der Waals surface area contributed by atoms with Crippen molar-refractivity contribution in [2.45, 2.75) is 0 Å². The lowest BCUT2D eigenvalue weighted by molar-refractivity contribution is -0.384. The highest BCUT2D eigenvalue weighted by molar-refractivity contribution is 14.1. The SMILES string of the molecule is C#CCOc1ccc([N+](=O)[O-])cc1/C=C(/C#N)c1ccc(I)cc1. The van der Waals surface area contributed by atoms with Gasteiger partial charge in [0, 0.05) is 21.3 Å². The molecule has 2 aromatic rings. The van der Waals surface area contributed by atoms with Gasteiger partial charge in [0.2, 0.25) is 0 Å². The molecule has 0 heterocycles. The number of hydrogen-bond acceptors (Lipinski definition) is 4. The Balaban J connectivity index is 2.52. The van der Waals surface area contributed by atoms with Crippen molar-refractivity contribution in [1.29, 1.82) is 5.26 Å². The monoisotopic (exact) mass is 430 g/mol. The van der Waals surface area contributed by atoms with E-state index in [9.17, 15) is 15.4 Å². The second-order valence-corrected chi connectivity index (χ2v) is 5.89. The van der Waals surface area contributed by atoms with Crippen LogP contribution in [0.4, 0.5) is 5.69 Å². The number of non-ortho nitro benzene ring substituents is 1. The van der Waals surface area contributed by atoms with E-state index in [0.717, 1.165) is 3.57 Å². The van der Waals surface area contributed by atoms with Crippen LogP contribution >= 0.6 is 22.6 Å². The Morgan fingerprint density at radius 3 is 2.62 bits per heavy atom. The van der Waals surface area contributed by atoms with E-state index in [2.05, 4.69) is 34.6 Å². The zero-order valence-electron chi connectivity index (χ0n) is 12.4. The van der Waals surface area contributed by atoms with Crippen molar-refractivity contribution in [3.63, 3.8) is 0 Å². The standard InChI is InChI=1S/C18H11IN2O3/c1-2-9-24-18-8-7-17(21(22)23)11-14(18)10-15(12-20)13-3-5-16(19)6-4-13/h1,3-8,10-11H,9H2/b15-10-. The van der Waals surface area contributed by atoms with Crippen LogP contribution in [0.25, 0.3) is 11.6 Å². The van der Waals surface area contributed by atoms with Crippen molar-refractivity contribution < 1.29 is 9.66 Å². The van der Waals surface area contributed by atoms with E-state index in [4.69, 9.17) is 11.2 Å². The first-order valence-corrected chi connectivity index (χ1v) is 7.85. The fourth-order valence-electron chi connectivity index (χ4n) is 1.98. The number of nitro benzene ring substituents is 1. The zero-order chi connectivity index (χ0) is 17.5. The number of benzene rings is 2. The number of ether oxygens (including phenoxy) is 1. The fraction of sp³-hybridized carbons (Fsp3) is 0.0556.